The Morgan fingerprint density at radius 1 is 1.33 bits per heavy atom. The summed E-state index contributed by atoms with van der Waals surface area (Å²) < 4.78 is 38.0. The number of carboxylic acid groups (broad SMARTS) is 1. The molecule has 0 saturated carbocycles. The molecule has 0 aliphatic carbocycles. The maximum Gasteiger partial charge on any atom is 0.422 e. The molecule has 5 nitrogen and oxygen atoms in total. The van der Waals surface area contributed by atoms with E-state index in [1.54, 1.807) is 12.2 Å². The van der Waals surface area contributed by atoms with Gasteiger partial charge in [0, 0.05) is 13.1 Å². The molecule has 1 aliphatic rings. The van der Waals surface area contributed by atoms with Crippen LogP contribution in [0.25, 0.3) is 0 Å². The first kappa shape index (κ1) is 14.3. The van der Waals surface area contributed by atoms with Crippen LogP contribution in [0.4, 0.5) is 18.0 Å². The van der Waals surface area contributed by atoms with Gasteiger partial charge in [-0.1, -0.05) is 12.2 Å². The van der Waals surface area contributed by atoms with Gasteiger partial charge in [-0.3, -0.25) is 0 Å². The van der Waals surface area contributed by atoms with Crippen molar-refractivity contribution in [3.05, 3.63) is 12.2 Å². The van der Waals surface area contributed by atoms with E-state index in [0.717, 1.165) is 4.90 Å². The summed E-state index contributed by atoms with van der Waals surface area (Å²) >= 11 is 0. The van der Waals surface area contributed by atoms with Crippen molar-refractivity contribution in [2.24, 2.45) is 0 Å². The van der Waals surface area contributed by atoms with Gasteiger partial charge >= 0.3 is 18.2 Å². The van der Waals surface area contributed by atoms with Crippen LogP contribution >= 0.6 is 0 Å². The molecule has 0 bridgehead atoms. The molecule has 102 valence electrons. The van der Waals surface area contributed by atoms with Crippen LogP contribution in [-0.2, 0) is 4.79 Å². The number of urea groups is 1. The second-order valence-electron chi connectivity index (χ2n) is 4.06. The number of aliphatic carboxylic acids is 1. The molecule has 0 aromatic rings. The highest BCUT2D eigenvalue weighted by atomic mass is 19.4. The lowest BCUT2D eigenvalue weighted by Gasteiger charge is -2.32. The summed E-state index contributed by atoms with van der Waals surface area (Å²) in [4.78, 5) is 23.4. The monoisotopic (exact) mass is 266 g/mol. The van der Waals surface area contributed by atoms with E-state index in [4.69, 9.17) is 5.11 Å². The van der Waals surface area contributed by atoms with Crippen LogP contribution in [0.5, 0.6) is 0 Å². The largest absolute Gasteiger partial charge is 0.479 e. The molecule has 2 amide bonds. The molecule has 18 heavy (non-hydrogen) atoms. The quantitative estimate of drug-likeness (QED) is 0.741. The van der Waals surface area contributed by atoms with Crippen LogP contribution in [0.15, 0.2) is 12.2 Å². The van der Waals surface area contributed by atoms with Gasteiger partial charge in [0.25, 0.3) is 0 Å². The van der Waals surface area contributed by atoms with Crippen molar-refractivity contribution in [2.75, 3.05) is 13.1 Å². The first-order chi connectivity index (χ1) is 8.18. The van der Waals surface area contributed by atoms with Gasteiger partial charge in [-0.05, 0) is 13.3 Å². The predicted octanol–water partition coefficient (Wildman–Crippen LogP) is 1.36. The van der Waals surface area contributed by atoms with Crippen LogP contribution in [-0.4, -0.2) is 46.8 Å². The molecule has 1 rings (SSSR count). The van der Waals surface area contributed by atoms with E-state index in [1.807, 2.05) is 0 Å². The number of hydrogen-bond acceptors (Lipinski definition) is 2. The third kappa shape index (κ3) is 2.74. The highest BCUT2D eigenvalue weighted by Crippen LogP contribution is 2.30. The van der Waals surface area contributed by atoms with Crippen LogP contribution in [0, 0.1) is 0 Å². The van der Waals surface area contributed by atoms with E-state index in [2.05, 4.69) is 0 Å². The van der Waals surface area contributed by atoms with Crippen molar-refractivity contribution < 1.29 is 27.9 Å². The fourth-order valence-electron chi connectivity index (χ4n) is 1.36. The Morgan fingerprint density at radius 2 is 1.94 bits per heavy atom. The van der Waals surface area contributed by atoms with Gasteiger partial charge in [-0.15, -0.1) is 0 Å². The summed E-state index contributed by atoms with van der Waals surface area (Å²) in [5.74, 6) is -2.14. The van der Waals surface area contributed by atoms with Crippen molar-refractivity contribution in [3.8, 4) is 0 Å². The number of halogens is 3. The Labute approximate surface area is 101 Å². The molecule has 0 aromatic heterocycles. The summed E-state index contributed by atoms with van der Waals surface area (Å²) in [6.07, 6.45) is -1.11. The van der Waals surface area contributed by atoms with Crippen molar-refractivity contribution in [3.63, 3.8) is 0 Å². The minimum atomic E-state index is -5.07. The zero-order valence-electron chi connectivity index (χ0n) is 9.62. The lowest BCUT2D eigenvalue weighted by Crippen LogP contribution is -2.64. The third-order valence-corrected chi connectivity index (χ3v) is 2.70. The van der Waals surface area contributed by atoms with Gasteiger partial charge in [-0.25, -0.2) is 9.59 Å². The minimum absolute atomic E-state index is 0.166. The Hall–Kier alpha value is -1.73. The second kappa shape index (κ2) is 4.87. The zero-order chi connectivity index (χ0) is 14.0. The zero-order valence-corrected chi connectivity index (χ0v) is 9.62. The SMILES string of the molecule is CC(NC(=O)N1CC=CCC1)(C(=O)O)C(F)(F)F. The van der Waals surface area contributed by atoms with Gasteiger partial charge in [0.05, 0.1) is 0 Å². The van der Waals surface area contributed by atoms with E-state index < -0.39 is 23.7 Å². The molecule has 0 spiro atoms. The minimum Gasteiger partial charge on any atom is -0.479 e. The topological polar surface area (TPSA) is 69.6 Å². The maximum atomic E-state index is 12.7. The fourth-order valence-corrected chi connectivity index (χ4v) is 1.36. The first-order valence-corrected chi connectivity index (χ1v) is 5.20. The average molecular weight is 266 g/mol. The average Bonchev–Trinajstić information content (AvgIpc) is 2.28. The lowest BCUT2D eigenvalue weighted by atomic mass is 10.0. The Kier molecular flexibility index (Phi) is 3.88. The van der Waals surface area contributed by atoms with Crippen molar-refractivity contribution >= 4 is 12.0 Å². The van der Waals surface area contributed by atoms with Crippen molar-refractivity contribution in [1.82, 2.24) is 10.2 Å². The molecular weight excluding hydrogens is 253 g/mol. The Bertz CT molecular complexity index is 381. The van der Waals surface area contributed by atoms with Gasteiger partial charge in [0.2, 0.25) is 5.54 Å². The number of amides is 2. The Morgan fingerprint density at radius 3 is 2.33 bits per heavy atom. The van der Waals surface area contributed by atoms with Crippen LogP contribution in [0.3, 0.4) is 0 Å². The molecule has 0 fully saturated rings. The van der Waals surface area contributed by atoms with Gasteiger partial charge in [0.1, 0.15) is 0 Å². The molecule has 0 radical (unpaired) electrons. The molecule has 1 aliphatic heterocycles. The van der Waals surface area contributed by atoms with Crippen LogP contribution in [0.1, 0.15) is 13.3 Å². The normalized spacial score (nSPS) is 19.2. The standard InChI is InChI=1S/C10H13F3N2O3/c1-9(7(16)17,10(11,12)13)14-8(18)15-5-3-2-4-6-15/h2-3H,4-6H2,1H3,(H,14,18)(H,16,17). The van der Waals surface area contributed by atoms with E-state index in [-0.39, 0.29) is 13.1 Å². The van der Waals surface area contributed by atoms with Crippen molar-refractivity contribution in [2.45, 2.75) is 25.1 Å². The number of nitrogens with zero attached hydrogens (tertiary/aromatic N) is 1. The Balaban J connectivity index is 2.82. The number of rotatable bonds is 2. The van der Waals surface area contributed by atoms with Gasteiger partial charge in [-0.2, -0.15) is 13.2 Å². The summed E-state index contributed by atoms with van der Waals surface area (Å²) in [5, 5.41) is 10.2. The number of carbonyl (C=O) groups excluding carboxylic acids is 1. The number of hydrogen-bond donors (Lipinski definition) is 2. The van der Waals surface area contributed by atoms with Crippen LogP contribution in [0.2, 0.25) is 0 Å². The number of nitrogens with one attached hydrogen (secondary N) is 1. The maximum absolute atomic E-state index is 12.7. The van der Waals surface area contributed by atoms with E-state index >= 15 is 0 Å². The number of alkyl halides is 3. The van der Waals surface area contributed by atoms with E-state index in [9.17, 15) is 22.8 Å². The highest BCUT2D eigenvalue weighted by Gasteiger charge is 2.58. The van der Waals surface area contributed by atoms with Crippen LogP contribution < -0.4 is 5.32 Å². The lowest BCUT2D eigenvalue weighted by molar-refractivity contribution is -0.203. The highest BCUT2D eigenvalue weighted by molar-refractivity contribution is 5.86. The fraction of sp³-hybridized carbons (Fsp3) is 0.600. The molecule has 0 saturated heterocycles. The number of carboxylic acids is 1. The van der Waals surface area contributed by atoms with Gasteiger partial charge in [0.15, 0.2) is 0 Å². The molecular formula is C10H13F3N2O3. The van der Waals surface area contributed by atoms with E-state index in [0.29, 0.717) is 13.3 Å². The molecule has 0 aromatic carbocycles. The molecule has 1 unspecified atom stereocenters. The van der Waals surface area contributed by atoms with Crippen molar-refractivity contribution in [1.29, 1.82) is 0 Å². The molecule has 1 heterocycles. The molecule has 1 atom stereocenters. The summed E-state index contributed by atoms with van der Waals surface area (Å²) in [5.41, 5.74) is -3.29. The third-order valence-electron chi connectivity index (χ3n) is 2.70. The van der Waals surface area contributed by atoms with E-state index in [1.165, 1.54) is 5.32 Å². The second-order valence-corrected chi connectivity index (χ2v) is 4.06. The molecule has 8 heteroatoms. The number of carbonyl (C=O) groups is 2. The molecule has 2 N–H and O–H groups in total. The van der Waals surface area contributed by atoms with Gasteiger partial charge < -0.3 is 15.3 Å². The predicted molar refractivity (Wildman–Crippen MR) is 56.0 cm³/mol. The summed E-state index contributed by atoms with van der Waals surface area (Å²) in [6, 6.07) is -1.04. The summed E-state index contributed by atoms with van der Waals surface area (Å²) in [6.45, 7) is 0.850. The summed E-state index contributed by atoms with van der Waals surface area (Å²) in [7, 11) is 0. The first-order valence-electron chi connectivity index (χ1n) is 5.20. The smallest absolute Gasteiger partial charge is 0.422 e.